The Morgan fingerprint density at radius 1 is 1.03 bits per heavy atom. The Labute approximate surface area is 193 Å². The fraction of sp³-hybridized carbons (Fsp3) is 0.318. The van der Waals surface area contributed by atoms with Gasteiger partial charge in [-0.15, -0.1) is 10.2 Å². The van der Waals surface area contributed by atoms with Crippen LogP contribution in [-0.2, 0) is 22.1 Å². The molecule has 0 atom stereocenters. The van der Waals surface area contributed by atoms with E-state index in [0.717, 1.165) is 24.8 Å². The number of nitrogens with zero attached hydrogens (tertiary/aromatic N) is 4. The number of fused-ring (bicyclic) bond motifs is 3. The highest BCUT2D eigenvalue weighted by atomic mass is 32.2. The van der Waals surface area contributed by atoms with Gasteiger partial charge < -0.3 is 0 Å². The van der Waals surface area contributed by atoms with Crippen LogP contribution >= 0.6 is 11.8 Å². The zero-order chi connectivity index (χ0) is 23.6. The maximum absolute atomic E-state index is 13.1. The average molecular weight is 493 g/mol. The molecule has 11 heteroatoms. The second-order valence-corrected chi connectivity index (χ2v) is 10.4. The monoisotopic (exact) mass is 492 g/mol. The number of hydrogen-bond acceptors (Lipinski definition) is 6. The molecule has 0 saturated carbocycles. The van der Waals surface area contributed by atoms with Crippen molar-refractivity contribution in [1.82, 2.24) is 19.2 Å². The van der Waals surface area contributed by atoms with Crippen LogP contribution in [-0.4, -0.2) is 33.3 Å². The van der Waals surface area contributed by atoms with Crippen molar-refractivity contribution < 1.29 is 17.2 Å². The van der Waals surface area contributed by atoms with Crippen molar-refractivity contribution in [3.63, 3.8) is 0 Å². The number of aromatic nitrogens is 4. The minimum Gasteiger partial charge on any atom is -0.276 e. The zero-order valence-electron chi connectivity index (χ0n) is 17.8. The van der Waals surface area contributed by atoms with E-state index < -0.39 is 20.5 Å². The lowest BCUT2D eigenvalue weighted by atomic mass is 10.2. The third-order valence-electron chi connectivity index (χ3n) is 5.32. The van der Waals surface area contributed by atoms with E-state index in [-0.39, 0.29) is 5.56 Å². The van der Waals surface area contributed by atoms with E-state index in [1.54, 1.807) is 10.6 Å². The van der Waals surface area contributed by atoms with Gasteiger partial charge in [0.05, 0.1) is 15.8 Å². The van der Waals surface area contributed by atoms with Gasteiger partial charge in [0.15, 0.2) is 5.16 Å². The number of hydrogen-bond donors (Lipinski definition) is 0. The minimum atomic E-state index is -4.62. The van der Waals surface area contributed by atoms with Gasteiger partial charge in [0.25, 0.3) is 5.56 Å². The normalized spacial score (nSPS) is 12.2. The van der Waals surface area contributed by atoms with E-state index in [2.05, 4.69) is 17.1 Å². The molecular formula is C22H22F2N4O3S2. The third kappa shape index (κ3) is 4.51. The lowest BCUT2D eigenvalue weighted by molar-refractivity contribution is 0.234. The highest BCUT2D eigenvalue weighted by Gasteiger charge is 2.26. The molecule has 2 aromatic carbocycles. The molecule has 0 spiro atoms. The number of rotatable bonds is 9. The minimum absolute atomic E-state index is 0.103. The van der Waals surface area contributed by atoms with Gasteiger partial charge in [0.1, 0.15) is 0 Å². The molecule has 4 aromatic rings. The predicted molar refractivity (Wildman–Crippen MR) is 123 cm³/mol. The quantitative estimate of drug-likeness (QED) is 0.252. The van der Waals surface area contributed by atoms with Crippen LogP contribution in [0.3, 0.4) is 0 Å². The van der Waals surface area contributed by atoms with Crippen LogP contribution in [0.15, 0.2) is 63.4 Å². The predicted octanol–water partition coefficient (Wildman–Crippen LogP) is 4.52. The fourth-order valence-electron chi connectivity index (χ4n) is 3.57. The van der Waals surface area contributed by atoms with Crippen LogP contribution in [0.25, 0.3) is 16.7 Å². The molecule has 0 unspecified atom stereocenters. The molecule has 0 aliphatic carbocycles. The second kappa shape index (κ2) is 9.60. The summed E-state index contributed by atoms with van der Waals surface area (Å²) in [5.41, 5.74) is 1.34. The number of halogens is 2. The first-order valence-corrected chi connectivity index (χ1v) is 13.0. The largest absolute Gasteiger partial charge is 0.341 e. The summed E-state index contributed by atoms with van der Waals surface area (Å²) in [6.07, 6.45) is 2.88. The summed E-state index contributed by atoms with van der Waals surface area (Å²) in [7, 11) is -4.62. The Kier molecular flexibility index (Phi) is 6.80. The maximum atomic E-state index is 13.1. The molecule has 7 nitrogen and oxygen atoms in total. The summed E-state index contributed by atoms with van der Waals surface area (Å²) < 4.78 is 52.2. The van der Waals surface area contributed by atoms with Gasteiger partial charge in [-0.05, 0) is 36.2 Å². The van der Waals surface area contributed by atoms with Gasteiger partial charge in [0, 0.05) is 12.3 Å². The number of unbranched alkanes of at least 4 members (excludes halogenated alkanes) is 2. The van der Waals surface area contributed by atoms with E-state index in [1.165, 1.54) is 36.0 Å². The highest BCUT2D eigenvalue weighted by molar-refractivity contribution is 7.98. The van der Waals surface area contributed by atoms with Gasteiger partial charge in [-0.25, -0.2) is 8.42 Å². The average Bonchev–Trinajstić information content (AvgIpc) is 3.24. The Bertz CT molecular complexity index is 1450. The van der Waals surface area contributed by atoms with Gasteiger partial charge in [-0.2, -0.15) is 8.78 Å². The lowest BCUT2D eigenvalue weighted by Crippen LogP contribution is -2.23. The van der Waals surface area contributed by atoms with Gasteiger partial charge in [-0.1, -0.05) is 55.8 Å². The second-order valence-electron chi connectivity index (χ2n) is 7.54. The summed E-state index contributed by atoms with van der Waals surface area (Å²) in [5, 5.41) is 9.72. The van der Waals surface area contributed by atoms with E-state index in [0.29, 0.717) is 34.1 Å². The van der Waals surface area contributed by atoms with Crippen LogP contribution in [0, 0.1) is 0 Å². The number of sulfone groups is 1. The van der Waals surface area contributed by atoms with Crippen LogP contribution in [0.2, 0.25) is 0 Å². The van der Waals surface area contributed by atoms with Crippen molar-refractivity contribution in [3.05, 3.63) is 64.4 Å². The molecule has 2 heterocycles. The molecular weight excluding hydrogens is 470 g/mol. The summed E-state index contributed by atoms with van der Waals surface area (Å²) in [6, 6.07) is 12.7. The number of alkyl halides is 2. The van der Waals surface area contributed by atoms with E-state index in [4.69, 9.17) is 0 Å². The summed E-state index contributed by atoms with van der Waals surface area (Å²) in [6.45, 7) is 2.64. The molecule has 0 saturated heterocycles. The first kappa shape index (κ1) is 23.4. The molecule has 0 N–H and O–H groups in total. The standard InChI is InChI=1S/C22H22F2N4O3S2/c1-2-3-6-13-27-19(29)17-7-4-5-8-18(17)28-21(27)25-26-22(28)32-14-15-9-11-16(12-10-15)33(30,31)20(23)24/h4-5,7-12,20H,2-3,6,13-14H2,1H3. The highest BCUT2D eigenvalue weighted by Crippen LogP contribution is 2.26. The van der Waals surface area contributed by atoms with Crippen molar-refractivity contribution in [2.75, 3.05) is 0 Å². The third-order valence-corrected chi connectivity index (χ3v) is 7.72. The molecule has 0 amide bonds. The van der Waals surface area contributed by atoms with E-state index >= 15 is 0 Å². The molecule has 4 rings (SSSR count). The van der Waals surface area contributed by atoms with Crippen molar-refractivity contribution in [2.24, 2.45) is 0 Å². The summed E-state index contributed by atoms with van der Waals surface area (Å²) in [4.78, 5) is 12.6. The smallest absolute Gasteiger partial charge is 0.276 e. The molecule has 0 aliphatic rings. The first-order chi connectivity index (χ1) is 15.8. The number of aryl methyl sites for hydroxylation is 1. The topological polar surface area (TPSA) is 86.3 Å². The molecule has 33 heavy (non-hydrogen) atoms. The molecule has 0 aliphatic heterocycles. The molecule has 0 fully saturated rings. The van der Waals surface area contributed by atoms with Crippen molar-refractivity contribution in [3.8, 4) is 0 Å². The zero-order valence-corrected chi connectivity index (χ0v) is 19.5. The molecule has 0 bridgehead atoms. The van der Waals surface area contributed by atoms with Crippen LogP contribution < -0.4 is 5.56 Å². The van der Waals surface area contributed by atoms with E-state index in [1.807, 2.05) is 22.6 Å². The SMILES string of the molecule is CCCCCn1c(=O)c2ccccc2n2c(SCc3ccc(S(=O)(=O)C(F)F)cc3)nnc12. The summed E-state index contributed by atoms with van der Waals surface area (Å²) >= 11 is 1.36. The number of para-hydroxylation sites is 1. The Balaban J connectivity index is 1.67. The van der Waals surface area contributed by atoms with Crippen LogP contribution in [0.5, 0.6) is 0 Å². The van der Waals surface area contributed by atoms with Crippen LogP contribution in [0.1, 0.15) is 31.7 Å². The van der Waals surface area contributed by atoms with Gasteiger partial charge in [-0.3, -0.25) is 13.8 Å². The number of thioether (sulfide) groups is 1. The van der Waals surface area contributed by atoms with E-state index in [9.17, 15) is 22.0 Å². The molecule has 0 radical (unpaired) electrons. The lowest BCUT2D eigenvalue weighted by Gasteiger charge is -2.11. The van der Waals surface area contributed by atoms with Crippen molar-refractivity contribution in [2.45, 2.75) is 54.3 Å². The maximum Gasteiger partial charge on any atom is 0.341 e. The van der Waals surface area contributed by atoms with Gasteiger partial charge >= 0.3 is 5.76 Å². The van der Waals surface area contributed by atoms with Gasteiger partial charge in [0.2, 0.25) is 15.6 Å². The molecule has 2 aromatic heterocycles. The fourth-order valence-corrected chi connectivity index (χ4v) is 5.19. The van der Waals surface area contributed by atoms with Crippen LogP contribution in [0.4, 0.5) is 8.78 Å². The van der Waals surface area contributed by atoms with Crippen molar-refractivity contribution >= 4 is 38.3 Å². The summed E-state index contributed by atoms with van der Waals surface area (Å²) in [5.74, 6) is -2.57. The molecule has 174 valence electrons. The Hall–Kier alpha value is -2.79. The Morgan fingerprint density at radius 2 is 1.76 bits per heavy atom. The Morgan fingerprint density at radius 3 is 2.45 bits per heavy atom. The van der Waals surface area contributed by atoms with Crippen molar-refractivity contribution in [1.29, 1.82) is 0 Å². The number of benzene rings is 2. The first-order valence-electron chi connectivity index (χ1n) is 10.4.